The average Bonchev–Trinajstić information content (AvgIpc) is 3.47. The molecular weight excluding hydrogens is 426 g/mol. The molecule has 5 heterocycles. The Balaban J connectivity index is 1.51. The van der Waals surface area contributed by atoms with Gasteiger partial charge in [0.25, 0.3) is 0 Å². The van der Waals surface area contributed by atoms with E-state index >= 15 is 0 Å². The SMILES string of the molecule is CC1CN(c2nc(-c3cnccn3)nc3sc4c(c23)CCCC4)CC(c2ccsc2)O1. The van der Waals surface area contributed by atoms with E-state index in [1.54, 1.807) is 29.9 Å². The van der Waals surface area contributed by atoms with Crippen LogP contribution in [0.2, 0.25) is 0 Å². The van der Waals surface area contributed by atoms with Crippen molar-refractivity contribution in [3.05, 3.63) is 51.4 Å². The van der Waals surface area contributed by atoms with Gasteiger partial charge >= 0.3 is 0 Å². The van der Waals surface area contributed by atoms with Crippen molar-refractivity contribution < 1.29 is 4.74 Å². The number of aryl methyl sites for hydroxylation is 2. The zero-order valence-electron chi connectivity index (χ0n) is 17.3. The Morgan fingerprint density at radius 3 is 2.90 bits per heavy atom. The van der Waals surface area contributed by atoms with Gasteiger partial charge in [0.1, 0.15) is 22.4 Å². The summed E-state index contributed by atoms with van der Waals surface area (Å²) in [5.74, 6) is 1.68. The quantitative estimate of drug-likeness (QED) is 0.436. The molecule has 1 fully saturated rings. The molecule has 2 unspecified atom stereocenters. The van der Waals surface area contributed by atoms with E-state index in [0.29, 0.717) is 11.5 Å². The molecule has 6 nitrogen and oxygen atoms in total. The fraction of sp³-hybridized carbons (Fsp3) is 0.391. The Bertz CT molecular complexity index is 1210. The van der Waals surface area contributed by atoms with Crippen molar-refractivity contribution >= 4 is 38.7 Å². The smallest absolute Gasteiger partial charge is 0.183 e. The Morgan fingerprint density at radius 2 is 2.06 bits per heavy atom. The van der Waals surface area contributed by atoms with Crippen LogP contribution in [-0.2, 0) is 17.6 Å². The molecule has 2 aliphatic rings. The van der Waals surface area contributed by atoms with Crippen LogP contribution in [0.5, 0.6) is 0 Å². The molecular formula is C23H23N5OS2. The largest absolute Gasteiger partial charge is 0.367 e. The Kier molecular flexibility index (Phi) is 4.93. The summed E-state index contributed by atoms with van der Waals surface area (Å²) in [6, 6.07) is 2.17. The second kappa shape index (κ2) is 7.93. The number of rotatable bonds is 3. The molecule has 158 valence electrons. The van der Waals surface area contributed by atoms with Crippen molar-refractivity contribution in [1.82, 2.24) is 19.9 Å². The topological polar surface area (TPSA) is 64.0 Å². The summed E-state index contributed by atoms with van der Waals surface area (Å²) < 4.78 is 6.31. The molecule has 1 saturated heterocycles. The predicted molar refractivity (Wildman–Crippen MR) is 125 cm³/mol. The van der Waals surface area contributed by atoms with Crippen molar-refractivity contribution in [2.24, 2.45) is 0 Å². The minimum Gasteiger partial charge on any atom is -0.367 e. The molecule has 0 radical (unpaired) electrons. The monoisotopic (exact) mass is 449 g/mol. The second-order valence-corrected chi connectivity index (χ2v) is 10.1. The number of morpholine rings is 1. The summed E-state index contributed by atoms with van der Waals surface area (Å²) >= 11 is 3.55. The molecule has 0 spiro atoms. The molecule has 0 N–H and O–H groups in total. The van der Waals surface area contributed by atoms with Gasteiger partial charge in [0.05, 0.1) is 17.7 Å². The number of ether oxygens (including phenoxy) is 1. The third kappa shape index (κ3) is 3.52. The molecule has 0 bridgehead atoms. The van der Waals surface area contributed by atoms with Crippen LogP contribution in [0.15, 0.2) is 35.4 Å². The fourth-order valence-electron chi connectivity index (χ4n) is 4.66. The molecule has 4 aromatic rings. The lowest BCUT2D eigenvalue weighted by Crippen LogP contribution is -2.43. The maximum Gasteiger partial charge on any atom is 0.183 e. The van der Waals surface area contributed by atoms with Crippen molar-refractivity contribution in [3.8, 4) is 11.5 Å². The highest BCUT2D eigenvalue weighted by atomic mass is 32.1. The minimum atomic E-state index is 0.0504. The number of nitrogens with zero attached hydrogens (tertiary/aromatic N) is 5. The molecule has 0 saturated carbocycles. The summed E-state index contributed by atoms with van der Waals surface area (Å²) in [5, 5.41) is 5.55. The maximum absolute atomic E-state index is 6.31. The molecule has 4 aromatic heterocycles. The summed E-state index contributed by atoms with van der Waals surface area (Å²) in [6.07, 6.45) is 10.1. The molecule has 0 amide bonds. The first kappa shape index (κ1) is 19.3. The third-order valence-electron chi connectivity index (χ3n) is 6.06. The van der Waals surface area contributed by atoms with Crippen LogP contribution in [0, 0.1) is 0 Å². The van der Waals surface area contributed by atoms with Gasteiger partial charge in [-0.3, -0.25) is 4.98 Å². The Hall–Kier alpha value is -2.42. The van der Waals surface area contributed by atoms with Crippen LogP contribution in [0.1, 0.15) is 41.9 Å². The molecule has 2 atom stereocenters. The van der Waals surface area contributed by atoms with Gasteiger partial charge < -0.3 is 9.64 Å². The first-order valence-corrected chi connectivity index (χ1v) is 12.5. The zero-order chi connectivity index (χ0) is 20.8. The lowest BCUT2D eigenvalue weighted by atomic mass is 9.96. The van der Waals surface area contributed by atoms with Crippen LogP contribution in [0.4, 0.5) is 5.82 Å². The van der Waals surface area contributed by atoms with Crippen molar-refractivity contribution in [3.63, 3.8) is 0 Å². The predicted octanol–water partition coefficient (Wildman–Crippen LogP) is 5.06. The van der Waals surface area contributed by atoms with E-state index in [0.717, 1.165) is 36.6 Å². The Labute approximate surface area is 189 Å². The van der Waals surface area contributed by atoms with Gasteiger partial charge in [-0.1, -0.05) is 0 Å². The standard InChI is InChI=1S/C23H23N5OS2/c1-14-11-28(12-18(29-14)15-6-9-30-13-15)22-20-16-4-2-3-5-19(16)31-23(20)27-21(26-22)17-10-24-7-8-25-17/h6-10,13-14,18H,2-5,11-12H2,1H3. The first-order chi connectivity index (χ1) is 15.3. The van der Waals surface area contributed by atoms with Crippen molar-refractivity contribution in [2.75, 3.05) is 18.0 Å². The molecule has 31 heavy (non-hydrogen) atoms. The van der Waals surface area contributed by atoms with Gasteiger partial charge in [-0.25, -0.2) is 15.0 Å². The maximum atomic E-state index is 6.31. The number of aromatic nitrogens is 4. The minimum absolute atomic E-state index is 0.0504. The van der Waals surface area contributed by atoms with E-state index in [9.17, 15) is 0 Å². The van der Waals surface area contributed by atoms with Gasteiger partial charge in [-0.05, 0) is 60.6 Å². The van der Waals surface area contributed by atoms with Crippen LogP contribution in [-0.4, -0.2) is 39.1 Å². The highest BCUT2D eigenvalue weighted by Crippen LogP contribution is 2.42. The third-order valence-corrected chi connectivity index (χ3v) is 7.95. The summed E-state index contributed by atoms with van der Waals surface area (Å²) in [4.78, 5) is 23.7. The lowest BCUT2D eigenvalue weighted by Gasteiger charge is -2.38. The number of hydrogen-bond donors (Lipinski definition) is 0. The van der Waals surface area contributed by atoms with Gasteiger partial charge in [0, 0.05) is 30.4 Å². The van der Waals surface area contributed by atoms with E-state index in [2.05, 4.69) is 38.6 Å². The number of fused-ring (bicyclic) bond motifs is 3. The fourth-order valence-corrected chi connectivity index (χ4v) is 6.62. The highest BCUT2D eigenvalue weighted by molar-refractivity contribution is 7.19. The van der Waals surface area contributed by atoms with E-state index in [1.165, 1.54) is 34.2 Å². The van der Waals surface area contributed by atoms with E-state index in [-0.39, 0.29) is 12.2 Å². The molecule has 8 heteroatoms. The highest BCUT2D eigenvalue weighted by Gasteiger charge is 2.31. The van der Waals surface area contributed by atoms with E-state index in [4.69, 9.17) is 14.7 Å². The van der Waals surface area contributed by atoms with Crippen LogP contribution in [0.25, 0.3) is 21.7 Å². The summed E-state index contributed by atoms with van der Waals surface area (Å²) in [5.41, 5.74) is 3.42. The molecule has 1 aliphatic carbocycles. The lowest BCUT2D eigenvalue weighted by molar-refractivity contribution is -0.0173. The molecule has 1 aliphatic heterocycles. The van der Waals surface area contributed by atoms with E-state index in [1.807, 2.05) is 11.3 Å². The normalized spacial score (nSPS) is 21.4. The van der Waals surface area contributed by atoms with Gasteiger partial charge in [-0.15, -0.1) is 11.3 Å². The number of hydrogen-bond acceptors (Lipinski definition) is 8. The first-order valence-electron chi connectivity index (χ1n) is 10.8. The van der Waals surface area contributed by atoms with Gasteiger partial charge in [0.2, 0.25) is 0 Å². The van der Waals surface area contributed by atoms with Gasteiger partial charge in [0.15, 0.2) is 5.82 Å². The molecule has 6 rings (SSSR count). The molecule has 0 aromatic carbocycles. The van der Waals surface area contributed by atoms with E-state index < -0.39 is 0 Å². The summed E-state index contributed by atoms with van der Waals surface area (Å²) in [7, 11) is 0. The summed E-state index contributed by atoms with van der Waals surface area (Å²) in [6.45, 7) is 3.76. The van der Waals surface area contributed by atoms with Crippen molar-refractivity contribution in [2.45, 2.75) is 44.8 Å². The Morgan fingerprint density at radius 1 is 1.13 bits per heavy atom. The van der Waals surface area contributed by atoms with Crippen LogP contribution >= 0.6 is 22.7 Å². The van der Waals surface area contributed by atoms with Crippen LogP contribution < -0.4 is 4.90 Å². The van der Waals surface area contributed by atoms with Crippen molar-refractivity contribution in [1.29, 1.82) is 0 Å². The zero-order valence-corrected chi connectivity index (χ0v) is 19.0. The average molecular weight is 450 g/mol. The second-order valence-electron chi connectivity index (χ2n) is 8.25. The van der Waals surface area contributed by atoms with Gasteiger partial charge in [-0.2, -0.15) is 11.3 Å². The number of thiophene rings is 2. The van der Waals surface area contributed by atoms with Crippen LogP contribution in [0.3, 0.4) is 0 Å². The number of anilines is 1.